The first-order valence-corrected chi connectivity index (χ1v) is 8.94. The molecule has 0 atom stereocenters. The SMILES string of the molecule is C=CCn1c(N2CCC(C(=O)NCCCO)CC2)nc2ccccc21. The molecular formula is C19H26N4O2. The fourth-order valence-electron chi connectivity index (χ4n) is 3.39. The number of hydrogen-bond acceptors (Lipinski definition) is 4. The van der Waals surface area contributed by atoms with Crippen LogP contribution in [-0.4, -0.2) is 46.8 Å². The minimum Gasteiger partial charge on any atom is -0.396 e. The van der Waals surface area contributed by atoms with Crippen LogP contribution >= 0.6 is 0 Å². The van der Waals surface area contributed by atoms with Gasteiger partial charge in [0.2, 0.25) is 11.9 Å². The van der Waals surface area contributed by atoms with Gasteiger partial charge < -0.3 is 19.9 Å². The van der Waals surface area contributed by atoms with E-state index in [2.05, 4.69) is 27.4 Å². The van der Waals surface area contributed by atoms with Crippen LogP contribution in [0.15, 0.2) is 36.9 Å². The molecule has 0 radical (unpaired) electrons. The number of nitrogens with zero attached hydrogens (tertiary/aromatic N) is 3. The monoisotopic (exact) mass is 342 g/mol. The largest absolute Gasteiger partial charge is 0.396 e. The van der Waals surface area contributed by atoms with Crippen molar-refractivity contribution in [1.82, 2.24) is 14.9 Å². The minimum absolute atomic E-state index is 0.0483. The normalized spacial score (nSPS) is 15.5. The predicted octanol–water partition coefficient (Wildman–Crippen LogP) is 1.94. The molecule has 6 nitrogen and oxygen atoms in total. The Morgan fingerprint density at radius 1 is 1.36 bits per heavy atom. The van der Waals surface area contributed by atoms with Crippen LogP contribution in [0.2, 0.25) is 0 Å². The van der Waals surface area contributed by atoms with E-state index in [4.69, 9.17) is 10.1 Å². The first-order valence-electron chi connectivity index (χ1n) is 8.94. The number of aliphatic hydroxyl groups is 1. The van der Waals surface area contributed by atoms with Gasteiger partial charge in [-0.2, -0.15) is 0 Å². The summed E-state index contributed by atoms with van der Waals surface area (Å²) in [5, 5.41) is 11.7. The van der Waals surface area contributed by atoms with Gasteiger partial charge in [-0.15, -0.1) is 6.58 Å². The first kappa shape index (κ1) is 17.5. The van der Waals surface area contributed by atoms with E-state index in [9.17, 15) is 4.79 Å². The number of nitrogens with one attached hydrogen (secondary N) is 1. The Kier molecular flexibility index (Phi) is 5.71. The van der Waals surface area contributed by atoms with Crippen LogP contribution in [0.3, 0.4) is 0 Å². The van der Waals surface area contributed by atoms with E-state index in [-0.39, 0.29) is 18.4 Å². The van der Waals surface area contributed by atoms with Crippen LogP contribution in [0.25, 0.3) is 11.0 Å². The number of rotatable bonds is 7. The maximum Gasteiger partial charge on any atom is 0.223 e. The van der Waals surface area contributed by atoms with Crippen molar-refractivity contribution in [3.63, 3.8) is 0 Å². The van der Waals surface area contributed by atoms with Crippen molar-refractivity contribution in [2.24, 2.45) is 5.92 Å². The Morgan fingerprint density at radius 2 is 2.12 bits per heavy atom. The number of piperidine rings is 1. The zero-order valence-corrected chi connectivity index (χ0v) is 14.5. The molecule has 0 bridgehead atoms. The number of anilines is 1. The molecule has 134 valence electrons. The number of aromatic nitrogens is 2. The number of hydrogen-bond donors (Lipinski definition) is 2. The number of aliphatic hydroxyl groups excluding tert-OH is 1. The Hall–Kier alpha value is -2.34. The third kappa shape index (κ3) is 3.85. The molecule has 1 aromatic heterocycles. The van der Waals surface area contributed by atoms with Gasteiger partial charge in [0.05, 0.1) is 11.0 Å². The van der Waals surface area contributed by atoms with Crippen molar-refractivity contribution in [2.75, 3.05) is 31.1 Å². The zero-order valence-electron chi connectivity index (χ0n) is 14.5. The number of amides is 1. The van der Waals surface area contributed by atoms with Crippen molar-refractivity contribution in [3.8, 4) is 0 Å². The molecule has 3 rings (SSSR count). The molecule has 0 saturated carbocycles. The number of allylic oxidation sites excluding steroid dienone is 1. The van der Waals surface area contributed by atoms with Crippen molar-refractivity contribution in [1.29, 1.82) is 0 Å². The summed E-state index contributed by atoms with van der Waals surface area (Å²) in [6, 6.07) is 8.13. The highest BCUT2D eigenvalue weighted by Gasteiger charge is 2.27. The molecule has 2 aromatic rings. The maximum atomic E-state index is 12.2. The van der Waals surface area contributed by atoms with Crippen LogP contribution in [0.4, 0.5) is 5.95 Å². The third-order valence-electron chi connectivity index (χ3n) is 4.73. The molecule has 0 unspecified atom stereocenters. The Balaban J connectivity index is 1.68. The number of fused-ring (bicyclic) bond motifs is 1. The fraction of sp³-hybridized carbons (Fsp3) is 0.474. The molecule has 1 aliphatic heterocycles. The topological polar surface area (TPSA) is 70.4 Å². The van der Waals surface area contributed by atoms with Gasteiger partial charge in [-0.3, -0.25) is 4.79 Å². The van der Waals surface area contributed by atoms with Crippen molar-refractivity contribution < 1.29 is 9.90 Å². The molecule has 2 heterocycles. The number of para-hydroxylation sites is 2. The number of carbonyl (C=O) groups is 1. The molecule has 1 saturated heterocycles. The van der Waals surface area contributed by atoms with Gasteiger partial charge in [0.15, 0.2) is 0 Å². The number of imidazole rings is 1. The summed E-state index contributed by atoms with van der Waals surface area (Å²) in [6.45, 7) is 6.87. The summed E-state index contributed by atoms with van der Waals surface area (Å²) in [7, 11) is 0. The average molecular weight is 342 g/mol. The maximum absolute atomic E-state index is 12.2. The molecule has 1 aliphatic rings. The molecule has 6 heteroatoms. The molecule has 0 aliphatic carbocycles. The number of carbonyl (C=O) groups excluding carboxylic acids is 1. The van der Waals surface area contributed by atoms with Gasteiger partial charge in [-0.05, 0) is 31.4 Å². The van der Waals surface area contributed by atoms with E-state index in [1.165, 1.54) is 0 Å². The van der Waals surface area contributed by atoms with Crippen LogP contribution in [0.1, 0.15) is 19.3 Å². The molecule has 0 spiro atoms. The first-order chi connectivity index (χ1) is 12.2. The zero-order chi connectivity index (χ0) is 17.6. The van der Waals surface area contributed by atoms with E-state index in [1.54, 1.807) is 0 Å². The quantitative estimate of drug-likeness (QED) is 0.596. The van der Waals surface area contributed by atoms with Gasteiger partial charge in [0.25, 0.3) is 0 Å². The second kappa shape index (κ2) is 8.16. The standard InChI is InChI=1S/C19H26N4O2/c1-2-11-23-17-7-4-3-6-16(17)21-19(23)22-12-8-15(9-13-22)18(25)20-10-5-14-24/h2-4,6-7,15,24H,1,5,8-14H2,(H,20,25). The van der Waals surface area contributed by atoms with Crippen molar-refractivity contribution in [2.45, 2.75) is 25.8 Å². The Bertz CT molecular complexity index is 732. The molecule has 25 heavy (non-hydrogen) atoms. The van der Waals surface area contributed by atoms with Gasteiger partial charge >= 0.3 is 0 Å². The minimum atomic E-state index is 0.0483. The van der Waals surface area contributed by atoms with Crippen LogP contribution in [-0.2, 0) is 11.3 Å². The molecule has 2 N–H and O–H groups in total. The van der Waals surface area contributed by atoms with E-state index in [0.29, 0.717) is 13.0 Å². The van der Waals surface area contributed by atoms with Crippen molar-refractivity contribution >= 4 is 22.9 Å². The van der Waals surface area contributed by atoms with Gasteiger partial charge in [-0.25, -0.2) is 4.98 Å². The summed E-state index contributed by atoms with van der Waals surface area (Å²) < 4.78 is 2.18. The van der Waals surface area contributed by atoms with Crippen LogP contribution in [0.5, 0.6) is 0 Å². The molecule has 1 fully saturated rings. The average Bonchev–Trinajstić information content (AvgIpc) is 3.01. The lowest BCUT2D eigenvalue weighted by atomic mass is 9.96. The van der Waals surface area contributed by atoms with E-state index in [0.717, 1.165) is 49.5 Å². The lowest BCUT2D eigenvalue weighted by Gasteiger charge is -2.32. The van der Waals surface area contributed by atoms with Crippen molar-refractivity contribution in [3.05, 3.63) is 36.9 Å². The molecule has 1 amide bonds. The van der Waals surface area contributed by atoms with E-state index < -0.39 is 0 Å². The van der Waals surface area contributed by atoms with Gasteiger partial charge in [0.1, 0.15) is 0 Å². The third-order valence-corrected chi connectivity index (χ3v) is 4.73. The lowest BCUT2D eigenvalue weighted by molar-refractivity contribution is -0.125. The molecule has 1 aromatic carbocycles. The predicted molar refractivity (Wildman–Crippen MR) is 99.6 cm³/mol. The van der Waals surface area contributed by atoms with E-state index in [1.807, 2.05) is 24.3 Å². The van der Waals surface area contributed by atoms with Crippen LogP contribution in [0, 0.1) is 5.92 Å². The van der Waals surface area contributed by atoms with Crippen LogP contribution < -0.4 is 10.2 Å². The van der Waals surface area contributed by atoms with Gasteiger partial charge in [-0.1, -0.05) is 18.2 Å². The highest BCUT2D eigenvalue weighted by Crippen LogP contribution is 2.27. The second-order valence-corrected chi connectivity index (χ2v) is 6.43. The highest BCUT2D eigenvalue weighted by atomic mass is 16.3. The lowest BCUT2D eigenvalue weighted by Crippen LogP contribution is -2.41. The smallest absolute Gasteiger partial charge is 0.223 e. The summed E-state index contributed by atoms with van der Waals surface area (Å²) in [5.41, 5.74) is 2.10. The number of benzene rings is 1. The second-order valence-electron chi connectivity index (χ2n) is 6.43. The fourth-order valence-corrected chi connectivity index (χ4v) is 3.39. The highest BCUT2D eigenvalue weighted by molar-refractivity contribution is 5.80. The summed E-state index contributed by atoms with van der Waals surface area (Å²) in [6.07, 6.45) is 4.14. The van der Waals surface area contributed by atoms with E-state index >= 15 is 0 Å². The molecular weight excluding hydrogens is 316 g/mol. The summed E-state index contributed by atoms with van der Waals surface area (Å²) in [4.78, 5) is 19.2. The Labute approximate surface area is 148 Å². The summed E-state index contributed by atoms with van der Waals surface area (Å²) in [5.74, 6) is 1.11. The summed E-state index contributed by atoms with van der Waals surface area (Å²) >= 11 is 0. The Morgan fingerprint density at radius 3 is 2.84 bits per heavy atom. The van der Waals surface area contributed by atoms with Gasteiger partial charge in [0, 0.05) is 38.7 Å².